The van der Waals surface area contributed by atoms with E-state index in [-0.39, 0.29) is 11.8 Å². The van der Waals surface area contributed by atoms with Crippen LogP contribution in [-0.4, -0.2) is 37.3 Å². The van der Waals surface area contributed by atoms with Gasteiger partial charge in [0, 0.05) is 0 Å². The van der Waals surface area contributed by atoms with Crippen LogP contribution in [0.15, 0.2) is 10.7 Å². The van der Waals surface area contributed by atoms with Gasteiger partial charge in [0.1, 0.15) is 6.26 Å². The Morgan fingerprint density at radius 2 is 2.33 bits per heavy atom. The van der Waals surface area contributed by atoms with E-state index in [1.807, 2.05) is 0 Å². The first kappa shape index (κ1) is 12.9. The van der Waals surface area contributed by atoms with Gasteiger partial charge >= 0.3 is 12.0 Å². The highest BCUT2D eigenvalue weighted by Crippen LogP contribution is 2.16. The predicted molar refractivity (Wildman–Crippen MR) is 63.5 cm³/mol. The molecule has 0 bridgehead atoms. The van der Waals surface area contributed by atoms with Crippen LogP contribution in [0.25, 0.3) is 0 Å². The maximum absolute atomic E-state index is 11.4. The lowest BCUT2D eigenvalue weighted by molar-refractivity contribution is 0.0519. The summed E-state index contributed by atoms with van der Waals surface area (Å²) in [6.07, 6.45) is 3.57. The molecule has 18 heavy (non-hydrogen) atoms. The van der Waals surface area contributed by atoms with Gasteiger partial charge in [-0.1, -0.05) is 0 Å². The molecular formula is C12H18N2O4. The molecule has 1 saturated heterocycles. The lowest BCUT2D eigenvalue weighted by Gasteiger charge is -2.21. The second kappa shape index (κ2) is 6.39. The molecule has 0 unspecified atom stereocenters. The van der Waals surface area contributed by atoms with Gasteiger partial charge in [0.05, 0.1) is 13.2 Å². The van der Waals surface area contributed by atoms with E-state index < -0.39 is 5.97 Å². The molecule has 1 aliphatic heterocycles. The Morgan fingerprint density at radius 3 is 3.06 bits per heavy atom. The smallest absolute Gasteiger partial charge is 0.394 e. The van der Waals surface area contributed by atoms with Gasteiger partial charge in [-0.15, -0.1) is 0 Å². The van der Waals surface area contributed by atoms with Gasteiger partial charge in [-0.2, -0.15) is 4.98 Å². The summed E-state index contributed by atoms with van der Waals surface area (Å²) in [5.41, 5.74) is 0.150. The van der Waals surface area contributed by atoms with E-state index in [0.717, 1.165) is 25.9 Å². The van der Waals surface area contributed by atoms with Crippen molar-refractivity contribution in [2.75, 3.05) is 26.3 Å². The minimum atomic E-state index is -0.488. The standard InChI is InChI=1S/C12H18N2O4/c1-2-16-11(15)10-8-18-12(14-10)17-7-9-3-5-13-6-4-9/h8-9,13H,2-7H2,1H3. The molecule has 0 amide bonds. The van der Waals surface area contributed by atoms with E-state index in [1.54, 1.807) is 6.92 Å². The number of esters is 1. The Morgan fingerprint density at radius 1 is 1.56 bits per heavy atom. The zero-order chi connectivity index (χ0) is 12.8. The number of ether oxygens (including phenoxy) is 2. The number of carbonyl (C=O) groups excluding carboxylic acids is 1. The number of hydrogen-bond donors (Lipinski definition) is 1. The summed E-state index contributed by atoms with van der Waals surface area (Å²) in [5, 5.41) is 3.29. The molecule has 2 rings (SSSR count). The number of rotatable bonds is 5. The molecule has 0 aliphatic carbocycles. The Labute approximate surface area is 106 Å². The molecule has 0 radical (unpaired) electrons. The van der Waals surface area contributed by atoms with Gasteiger partial charge in [0.25, 0.3) is 0 Å². The fourth-order valence-electron chi connectivity index (χ4n) is 1.86. The molecule has 0 aromatic carbocycles. The highest BCUT2D eigenvalue weighted by molar-refractivity contribution is 5.86. The number of hydrogen-bond acceptors (Lipinski definition) is 6. The maximum atomic E-state index is 11.4. The molecule has 0 spiro atoms. The Bertz CT molecular complexity index is 385. The van der Waals surface area contributed by atoms with Crippen LogP contribution in [-0.2, 0) is 4.74 Å². The van der Waals surface area contributed by atoms with E-state index in [0.29, 0.717) is 19.1 Å². The Kier molecular flexibility index (Phi) is 4.58. The first-order chi connectivity index (χ1) is 8.79. The number of oxazole rings is 1. The largest absolute Gasteiger partial charge is 0.461 e. The van der Waals surface area contributed by atoms with Crippen molar-refractivity contribution in [3.05, 3.63) is 12.0 Å². The van der Waals surface area contributed by atoms with Gasteiger partial charge in [-0.3, -0.25) is 0 Å². The van der Waals surface area contributed by atoms with Crippen LogP contribution in [0.5, 0.6) is 6.08 Å². The second-order valence-electron chi connectivity index (χ2n) is 4.22. The first-order valence-corrected chi connectivity index (χ1v) is 6.25. The predicted octanol–water partition coefficient (Wildman–Crippen LogP) is 1.23. The lowest BCUT2D eigenvalue weighted by Crippen LogP contribution is -2.30. The zero-order valence-corrected chi connectivity index (χ0v) is 10.5. The highest BCUT2D eigenvalue weighted by atomic mass is 16.6. The average molecular weight is 254 g/mol. The minimum absolute atomic E-state index is 0.136. The summed E-state index contributed by atoms with van der Waals surface area (Å²) in [6.45, 7) is 4.68. The van der Waals surface area contributed by atoms with Crippen LogP contribution in [0.2, 0.25) is 0 Å². The fraction of sp³-hybridized carbons (Fsp3) is 0.667. The maximum Gasteiger partial charge on any atom is 0.394 e. The summed E-state index contributed by atoms with van der Waals surface area (Å²) >= 11 is 0. The summed E-state index contributed by atoms with van der Waals surface area (Å²) in [6, 6.07) is 0. The topological polar surface area (TPSA) is 73.6 Å². The third-order valence-corrected chi connectivity index (χ3v) is 2.87. The van der Waals surface area contributed by atoms with Gasteiger partial charge in [-0.25, -0.2) is 4.79 Å². The van der Waals surface area contributed by atoms with Crippen molar-refractivity contribution in [1.82, 2.24) is 10.3 Å². The number of carbonyl (C=O) groups is 1. The Balaban J connectivity index is 1.80. The van der Waals surface area contributed by atoms with Crippen LogP contribution in [0.3, 0.4) is 0 Å². The van der Waals surface area contributed by atoms with Crippen molar-refractivity contribution in [1.29, 1.82) is 0 Å². The number of nitrogens with one attached hydrogen (secondary N) is 1. The van der Waals surface area contributed by atoms with Crippen LogP contribution in [0.4, 0.5) is 0 Å². The number of nitrogens with zero attached hydrogens (tertiary/aromatic N) is 1. The highest BCUT2D eigenvalue weighted by Gasteiger charge is 2.17. The van der Waals surface area contributed by atoms with Crippen molar-refractivity contribution in [2.45, 2.75) is 19.8 Å². The molecule has 0 saturated carbocycles. The molecule has 0 atom stereocenters. The van der Waals surface area contributed by atoms with Gasteiger partial charge in [0.15, 0.2) is 5.69 Å². The third kappa shape index (κ3) is 3.46. The molecular weight excluding hydrogens is 236 g/mol. The van der Waals surface area contributed by atoms with Crippen molar-refractivity contribution < 1.29 is 18.7 Å². The van der Waals surface area contributed by atoms with E-state index in [1.165, 1.54) is 6.26 Å². The second-order valence-corrected chi connectivity index (χ2v) is 4.22. The van der Waals surface area contributed by atoms with Crippen LogP contribution >= 0.6 is 0 Å². The molecule has 2 heterocycles. The molecule has 100 valence electrons. The normalized spacial score (nSPS) is 16.5. The van der Waals surface area contributed by atoms with Crippen LogP contribution < -0.4 is 10.1 Å². The molecule has 6 nitrogen and oxygen atoms in total. The van der Waals surface area contributed by atoms with Crippen LogP contribution in [0, 0.1) is 5.92 Å². The molecule has 1 fully saturated rings. The lowest BCUT2D eigenvalue weighted by atomic mass is 9.99. The number of piperidine rings is 1. The van der Waals surface area contributed by atoms with Crippen molar-refractivity contribution in [3.63, 3.8) is 0 Å². The zero-order valence-electron chi connectivity index (χ0n) is 10.5. The monoisotopic (exact) mass is 254 g/mol. The van der Waals surface area contributed by atoms with E-state index >= 15 is 0 Å². The van der Waals surface area contributed by atoms with Crippen molar-refractivity contribution in [3.8, 4) is 6.08 Å². The summed E-state index contributed by atoms with van der Waals surface area (Å²) in [4.78, 5) is 15.3. The molecule has 1 aromatic rings. The molecule has 1 N–H and O–H groups in total. The molecule has 1 aromatic heterocycles. The van der Waals surface area contributed by atoms with E-state index in [4.69, 9.17) is 13.9 Å². The third-order valence-electron chi connectivity index (χ3n) is 2.87. The van der Waals surface area contributed by atoms with Crippen molar-refractivity contribution in [2.24, 2.45) is 5.92 Å². The van der Waals surface area contributed by atoms with E-state index in [2.05, 4.69) is 10.3 Å². The average Bonchev–Trinajstić information content (AvgIpc) is 2.87. The molecule has 1 aliphatic rings. The SMILES string of the molecule is CCOC(=O)c1coc(OCC2CCNCC2)n1. The number of aromatic nitrogens is 1. The summed E-state index contributed by atoms with van der Waals surface area (Å²) in [7, 11) is 0. The van der Waals surface area contributed by atoms with Gasteiger partial charge < -0.3 is 19.2 Å². The van der Waals surface area contributed by atoms with E-state index in [9.17, 15) is 4.79 Å². The van der Waals surface area contributed by atoms with Gasteiger partial charge in [-0.05, 0) is 38.8 Å². The first-order valence-electron chi connectivity index (χ1n) is 6.25. The molecule has 6 heteroatoms. The minimum Gasteiger partial charge on any atom is -0.461 e. The fourth-order valence-corrected chi connectivity index (χ4v) is 1.86. The quantitative estimate of drug-likeness (QED) is 0.797. The summed E-state index contributed by atoms with van der Waals surface area (Å²) < 4.78 is 15.3. The van der Waals surface area contributed by atoms with Crippen LogP contribution in [0.1, 0.15) is 30.3 Å². The van der Waals surface area contributed by atoms with Crippen molar-refractivity contribution >= 4 is 5.97 Å². The Hall–Kier alpha value is -1.56. The van der Waals surface area contributed by atoms with Gasteiger partial charge in [0.2, 0.25) is 0 Å². The summed E-state index contributed by atoms with van der Waals surface area (Å²) in [5.74, 6) is 0.0298.